The van der Waals surface area contributed by atoms with Gasteiger partial charge in [-0.05, 0) is 173 Å². The van der Waals surface area contributed by atoms with E-state index in [0.29, 0.717) is 0 Å². The summed E-state index contributed by atoms with van der Waals surface area (Å²) >= 11 is 0. The van der Waals surface area contributed by atoms with Gasteiger partial charge in [0.05, 0.1) is 5.69 Å². The van der Waals surface area contributed by atoms with Crippen LogP contribution in [0.5, 0.6) is 0 Å². The number of benzene rings is 11. The molecule has 0 radical (unpaired) electrons. The van der Waals surface area contributed by atoms with E-state index in [1.54, 1.807) is 0 Å². The predicted molar refractivity (Wildman–Crippen MR) is 340 cm³/mol. The number of nitrogens with zero attached hydrogens (tertiary/aromatic N) is 2. The Morgan fingerprint density at radius 1 is 0.402 bits per heavy atom. The minimum absolute atomic E-state index is 0.138. The number of nitrogens with one attached hydrogen (secondary N) is 1. The average Bonchev–Trinajstić information content (AvgIpc) is 3.04. The summed E-state index contributed by atoms with van der Waals surface area (Å²) in [4.78, 5) is 4.88. The van der Waals surface area contributed by atoms with Gasteiger partial charge in [0.15, 0.2) is 0 Å². The fourth-order valence-corrected chi connectivity index (χ4v) is 12.9. The number of hydrogen-bond donors (Lipinski definition) is 1. The molecule has 1 aliphatic heterocycles. The van der Waals surface area contributed by atoms with E-state index in [1.807, 2.05) is 42.5 Å². The Bertz CT molecular complexity index is 4670. The Kier molecular flexibility index (Phi) is 10.9. The maximum atomic E-state index is 6.45. The highest BCUT2D eigenvalue weighted by Gasteiger charge is 2.39. The van der Waals surface area contributed by atoms with Gasteiger partial charge >= 0.3 is 0 Å². The maximum Gasteiger partial charge on any atom is 0.249 e. The minimum atomic E-state index is -0.228. The van der Waals surface area contributed by atoms with Gasteiger partial charge in [-0.3, -0.25) is 0 Å². The lowest BCUT2D eigenvalue weighted by molar-refractivity contribution is 0.631. The summed E-state index contributed by atoms with van der Waals surface area (Å²) < 4.78 is 19.2. The van der Waals surface area contributed by atoms with Crippen LogP contribution in [0.15, 0.2) is 286 Å². The zero-order valence-corrected chi connectivity index (χ0v) is 45.2. The Balaban J connectivity index is 0.921. The number of furan rings is 3. The Hall–Kier alpha value is -10.5. The maximum absolute atomic E-state index is 6.45. The lowest BCUT2D eigenvalue weighted by Gasteiger charge is -2.39. The van der Waals surface area contributed by atoms with Crippen LogP contribution >= 0.6 is 0 Å². The molecule has 1 aliphatic carbocycles. The molecule has 2 aliphatic rings. The molecule has 388 valence electrons. The summed E-state index contributed by atoms with van der Waals surface area (Å²) in [6.07, 6.45) is 0. The molecule has 0 amide bonds. The number of hydrogen-bond acceptors (Lipinski definition) is 6. The van der Waals surface area contributed by atoms with Gasteiger partial charge in [-0.2, -0.15) is 0 Å². The normalized spacial score (nSPS) is 13.0. The van der Waals surface area contributed by atoms with E-state index in [-0.39, 0.29) is 12.1 Å². The quantitative estimate of drug-likeness (QED) is 0.138. The SMILES string of the molecule is CC1(C)c2ccccc2-c2ccc(N(c3ccc(-c4cc5ccccc5o4)cc3)c3cc(Nc4ccc(-c5cc6ccccc6o5)cc4)c4c(c3)N(c3ccc(-c5cc6ccccc6o5)cc3)c3ccccc3B4c3ccccc3)cc21. The predicted octanol–water partition coefficient (Wildman–Crippen LogP) is 18.7. The van der Waals surface area contributed by atoms with E-state index in [9.17, 15) is 0 Å². The molecule has 4 heterocycles. The molecular formula is C75H52BN3O3. The third-order valence-electron chi connectivity index (χ3n) is 16.9. The second kappa shape index (κ2) is 18.8. The molecule has 0 atom stereocenters. The first-order valence-electron chi connectivity index (χ1n) is 28.1. The van der Waals surface area contributed by atoms with Crippen LogP contribution < -0.4 is 31.5 Å². The molecule has 0 fully saturated rings. The highest BCUT2D eigenvalue weighted by atomic mass is 16.3. The Morgan fingerprint density at radius 3 is 1.54 bits per heavy atom. The third kappa shape index (κ3) is 7.88. The van der Waals surface area contributed by atoms with Crippen molar-refractivity contribution in [1.29, 1.82) is 0 Å². The first-order chi connectivity index (χ1) is 40.4. The molecule has 14 aromatic rings. The number of rotatable bonds is 10. The molecule has 7 heteroatoms. The van der Waals surface area contributed by atoms with Crippen LogP contribution in [0.1, 0.15) is 25.0 Å². The van der Waals surface area contributed by atoms with Crippen molar-refractivity contribution in [3.8, 4) is 45.1 Å². The molecule has 16 rings (SSSR count). The van der Waals surface area contributed by atoms with E-state index < -0.39 is 0 Å². The van der Waals surface area contributed by atoms with E-state index in [0.717, 1.165) is 118 Å². The van der Waals surface area contributed by atoms with E-state index in [4.69, 9.17) is 13.3 Å². The molecule has 0 bridgehead atoms. The Labute approximate surface area is 475 Å². The molecule has 0 saturated carbocycles. The minimum Gasteiger partial charge on any atom is -0.456 e. The molecule has 6 nitrogen and oxygen atoms in total. The number of fused-ring (bicyclic) bond motifs is 8. The summed E-state index contributed by atoms with van der Waals surface area (Å²) in [5, 5.41) is 7.31. The monoisotopic (exact) mass is 1050 g/mol. The summed E-state index contributed by atoms with van der Waals surface area (Å²) in [5.74, 6) is 2.49. The lowest BCUT2D eigenvalue weighted by Crippen LogP contribution is -2.57. The summed E-state index contributed by atoms with van der Waals surface area (Å²) in [5.41, 5.74) is 22.3. The number of anilines is 8. The van der Waals surface area contributed by atoms with Crippen LogP contribution in [0.3, 0.4) is 0 Å². The molecule has 82 heavy (non-hydrogen) atoms. The number of para-hydroxylation sites is 4. The summed E-state index contributed by atoms with van der Waals surface area (Å²) in [6.45, 7) is 4.57. The van der Waals surface area contributed by atoms with E-state index in [2.05, 4.69) is 259 Å². The van der Waals surface area contributed by atoms with Crippen molar-refractivity contribution < 1.29 is 13.3 Å². The van der Waals surface area contributed by atoms with Crippen molar-refractivity contribution in [2.75, 3.05) is 15.1 Å². The molecule has 3 aromatic heterocycles. The second-order valence-electron chi connectivity index (χ2n) is 22.1. The molecule has 0 saturated heterocycles. The van der Waals surface area contributed by atoms with Gasteiger partial charge in [0.25, 0.3) is 0 Å². The fourth-order valence-electron chi connectivity index (χ4n) is 12.9. The van der Waals surface area contributed by atoms with Crippen LogP contribution in [0.25, 0.3) is 78.0 Å². The average molecular weight is 1050 g/mol. The lowest BCUT2D eigenvalue weighted by atomic mass is 9.34. The van der Waals surface area contributed by atoms with Crippen LogP contribution in [-0.2, 0) is 5.41 Å². The van der Waals surface area contributed by atoms with Crippen molar-refractivity contribution in [2.24, 2.45) is 0 Å². The van der Waals surface area contributed by atoms with Gasteiger partial charge in [-0.25, -0.2) is 0 Å². The van der Waals surface area contributed by atoms with Crippen molar-refractivity contribution in [2.45, 2.75) is 19.3 Å². The zero-order chi connectivity index (χ0) is 54.5. The van der Waals surface area contributed by atoms with Gasteiger partial charge in [0.2, 0.25) is 6.71 Å². The van der Waals surface area contributed by atoms with Crippen LogP contribution in [0.2, 0.25) is 0 Å². The standard InChI is InChI=1S/C75H52BN3O3/c1-75(2)62-22-10-9-21-60(62)61-41-40-58(45-63(61)75)78(56-36-30-49(31-37-56)72-43-52-17-7-14-26-69(52)81-72)59-46-65(77-55-34-28-48(29-35-55)71-42-51-16-6-13-25-68(51)80-71)74-67(47-59)79(66-24-12-11-23-64(66)76(74)54-19-4-3-5-20-54)57-38-32-50(33-39-57)73-44-53-18-8-15-27-70(53)82-73/h3-47,77H,1-2H3. The molecular weight excluding hydrogens is 1000 g/mol. The largest absolute Gasteiger partial charge is 0.456 e. The fraction of sp³-hybridized carbons (Fsp3) is 0.0400. The first kappa shape index (κ1) is 47.5. The first-order valence-corrected chi connectivity index (χ1v) is 28.1. The Morgan fingerprint density at radius 2 is 0.915 bits per heavy atom. The van der Waals surface area contributed by atoms with Crippen molar-refractivity contribution in [3.05, 3.63) is 284 Å². The molecule has 1 N–H and O–H groups in total. The van der Waals surface area contributed by atoms with Crippen molar-refractivity contribution in [1.82, 2.24) is 0 Å². The summed E-state index contributed by atoms with van der Waals surface area (Å²) in [6, 6.07) is 97.8. The third-order valence-corrected chi connectivity index (χ3v) is 16.9. The smallest absolute Gasteiger partial charge is 0.249 e. The second-order valence-corrected chi connectivity index (χ2v) is 22.1. The summed E-state index contributed by atoms with van der Waals surface area (Å²) in [7, 11) is 0. The van der Waals surface area contributed by atoms with Gasteiger partial charge in [-0.15, -0.1) is 0 Å². The van der Waals surface area contributed by atoms with Crippen LogP contribution in [0.4, 0.5) is 45.5 Å². The van der Waals surface area contributed by atoms with Crippen molar-refractivity contribution in [3.63, 3.8) is 0 Å². The zero-order valence-electron chi connectivity index (χ0n) is 45.2. The molecule has 0 spiro atoms. The molecule has 11 aromatic carbocycles. The van der Waals surface area contributed by atoms with Gasteiger partial charge in [-0.1, -0.05) is 153 Å². The van der Waals surface area contributed by atoms with Gasteiger partial charge in [0.1, 0.15) is 34.0 Å². The van der Waals surface area contributed by atoms with Crippen LogP contribution in [-0.4, -0.2) is 6.71 Å². The topological polar surface area (TPSA) is 57.9 Å². The van der Waals surface area contributed by atoms with Crippen LogP contribution in [0, 0.1) is 0 Å². The highest BCUT2D eigenvalue weighted by Crippen LogP contribution is 2.52. The van der Waals surface area contributed by atoms with Gasteiger partial charge in [0, 0.05) is 78.1 Å². The molecule has 0 unspecified atom stereocenters. The van der Waals surface area contributed by atoms with E-state index in [1.165, 1.54) is 33.2 Å². The highest BCUT2D eigenvalue weighted by molar-refractivity contribution is 6.99. The van der Waals surface area contributed by atoms with E-state index >= 15 is 0 Å². The van der Waals surface area contributed by atoms with Gasteiger partial charge < -0.3 is 28.4 Å². The van der Waals surface area contributed by atoms with Crippen molar-refractivity contribution >= 4 is 102 Å².